The summed E-state index contributed by atoms with van der Waals surface area (Å²) in [4.78, 5) is 37.4. The smallest absolute Gasteiger partial charge is 0.311 e. The van der Waals surface area contributed by atoms with Gasteiger partial charge in [-0.25, -0.2) is 0 Å². The molecule has 0 unspecified atom stereocenters. The fourth-order valence-electron chi connectivity index (χ4n) is 6.71. The van der Waals surface area contributed by atoms with Crippen molar-refractivity contribution in [1.82, 2.24) is 0 Å². The molecule has 0 atom stereocenters. The van der Waals surface area contributed by atoms with Crippen LogP contribution >= 0.6 is 0 Å². The minimum absolute atomic E-state index is 0.176. The summed E-state index contributed by atoms with van der Waals surface area (Å²) in [5.74, 6) is 0.363. The maximum absolute atomic E-state index is 12.6. The summed E-state index contributed by atoms with van der Waals surface area (Å²) < 4.78 is 11.1. The zero-order valence-electron chi connectivity index (χ0n) is 34.3. The lowest BCUT2D eigenvalue weighted by molar-refractivity contribution is -0.135. The third kappa shape index (κ3) is 26.3. The average Bonchev–Trinajstić information content (AvgIpc) is 3.17. The predicted molar refractivity (Wildman–Crippen MR) is 228 cm³/mol. The minimum Gasteiger partial charge on any atom is -0.427 e. The quantitative estimate of drug-likeness (QED) is 0.0309. The fourth-order valence-corrected chi connectivity index (χ4v) is 6.71. The van der Waals surface area contributed by atoms with E-state index in [1.165, 1.54) is 153 Å². The van der Waals surface area contributed by atoms with Gasteiger partial charge in [0.15, 0.2) is 5.78 Å². The van der Waals surface area contributed by atoms with Crippen molar-refractivity contribution in [3.63, 3.8) is 0 Å². The lowest BCUT2D eigenvalue weighted by Gasteiger charge is -2.06. The third-order valence-corrected chi connectivity index (χ3v) is 10.0. The molecule has 0 saturated carbocycles. The van der Waals surface area contributed by atoms with Crippen LogP contribution < -0.4 is 9.47 Å². The number of ether oxygens (including phenoxy) is 2. The molecule has 2 aromatic rings. The maximum Gasteiger partial charge on any atom is 0.311 e. The predicted octanol–water partition coefficient (Wildman–Crippen LogP) is 14.8. The molecule has 0 aromatic heterocycles. The van der Waals surface area contributed by atoms with E-state index in [1.807, 2.05) is 24.3 Å². The van der Waals surface area contributed by atoms with Crippen molar-refractivity contribution in [2.24, 2.45) is 0 Å². The number of hydrogen-bond acceptors (Lipinski definition) is 5. The highest BCUT2D eigenvalue weighted by Gasteiger charge is 2.07. The number of carbonyl (C=O) groups is 3. The molecule has 0 spiro atoms. The number of benzene rings is 2. The molecule has 5 heteroatoms. The van der Waals surface area contributed by atoms with Gasteiger partial charge in [-0.15, -0.1) is 0 Å². The molecule has 0 amide bonds. The average molecular weight is 743 g/mol. The van der Waals surface area contributed by atoms with E-state index < -0.39 is 0 Å². The number of hydrogen-bond donors (Lipinski definition) is 0. The van der Waals surface area contributed by atoms with E-state index in [-0.39, 0.29) is 17.7 Å². The molecule has 0 aliphatic rings. The highest BCUT2D eigenvalue weighted by Crippen LogP contribution is 2.19. The van der Waals surface area contributed by atoms with Crippen molar-refractivity contribution in [2.75, 3.05) is 0 Å². The molecule has 0 aliphatic heterocycles. The van der Waals surface area contributed by atoms with Crippen LogP contribution in [0, 0.1) is 0 Å². The van der Waals surface area contributed by atoms with Crippen LogP contribution in [0.4, 0.5) is 0 Å². The summed E-state index contributed by atoms with van der Waals surface area (Å²) in [6, 6.07) is 14.4. The molecule has 0 saturated heterocycles. The van der Waals surface area contributed by atoms with Crippen LogP contribution in [-0.4, -0.2) is 17.7 Å². The summed E-state index contributed by atoms with van der Waals surface area (Å²) >= 11 is 0. The van der Waals surface area contributed by atoms with Crippen molar-refractivity contribution in [2.45, 2.75) is 194 Å². The molecule has 2 aromatic carbocycles. The number of allylic oxidation sites excluding steroid dienone is 2. The second-order valence-corrected chi connectivity index (χ2v) is 15.1. The standard InChI is InChI=1S/C49H74O5/c1-3-5-7-9-11-13-15-17-19-21-23-25-27-35-48(51)53-46-33-29-31-43(41-46)37-39-45(50)40-38-44-32-30-34-47(42-44)54-49(52)36-28-26-24-22-20-18-16-14-12-10-8-6-4-2/h29-34,37-42H,3-28,35-36H2,1-2H3/b39-37+,40-38+. The van der Waals surface area contributed by atoms with Gasteiger partial charge in [0.05, 0.1) is 0 Å². The Balaban J connectivity index is 1.58. The van der Waals surface area contributed by atoms with Crippen LogP contribution in [0.15, 0.2) is 60.7 Å². The van der Waals surface area contributed by atoms with Gasteiger partial charge in [0.1, 0.15) is 11.5 Å². The molecule has 0 N–H and O–H groups in total. The Morgan fingerprint density at radius 2 is 0.722 bits per heavy atom. The zero-order valence-corrected chi connectivity index (χ0v) is 34.3. The minimum atomic E-state index is -0.217. The Labute approximate surface area is 329 Å². The summed E-state index contributed by atoms with van der Waals surface area (Å²) in [6.45, 7) is 4.52. The van der Waals surface area contributed by atoms with Crippen LogP contribution in [-0.2, 0) is 14.4 Å². The van der Waals surface area contributed by atoms with Crippen molar-refractivity contribution in [3.8, 4) is 11.5 Å². The van der Waals surface area contributed by atoms with E-state index in [4.69, 9.17) is 9.47 Å². The SMILES string of the molecule is CCCCCCCCCCCCCCCC(=O)Oc1cccc(/C=C/C(=O)/C=C/c2cccc(OC(=O)CCCCCCCCCCCCCCC)c2)c1. The van der Waals surface area contributed by atoms with Crippen molar-refractivity contribution in [1.29, 1.82) is 0 Å². The normalized spacial score (nSPS) is 11.4. The number of ketones is 1. The van der Waals surface area contributed by atoms with Gasteiger partial charge in [-0.3, -0.25) is 14.4 Å². The largest absolute Gasteiger partial charge is 0.427 e. The van der Waals surface area contributed by atoms with Gasteiger partial charge in [0.2, 0.25) is 0 Å². The first kappa shape index (κ1) is 46.7. The number of carbonyl (C=O) groups excluding carboxylic acids is 3. The van der Waals surface area contributed by atoms with Gasteiger partial charge >= 0.3 is 11.9 Å². The van der Waals surface area contributed by atoms with E-state index in [9.17, 15) is 14.4 Å². The first-order chi connectivity index (χ1) is 26.5. The molecule has 300 valence electrons. The highest BCUT2D eigenvalue weighted by molar-refractivity contribution is 6.04. The summed E-state index contributed by atoms with van der Waals surface area (Å²) in [7, 11) is 0. The molecule has 5 nitrogen and oxygen atoms in total. The fraction of sp³-hybridized carbons (Fsp3) is 0.612. The lowest BCUT2D eigenvalue weighted by Crippen LogP contribution is -2.07. The van der Waals surface area contributed by atoms with Crippen molar-refractivity contribution < 1.29 is 23.9 Å². The summed E-state index contributed by atoms with van der Waals surface area (Å²) in [5, 5.41) is 0. The van der Waals surface area contributed by atoms with Crippen LogP contribution in [0.25, 0.3) is 12.2 Å². The lowest BCUT2D eigenvalue weighted by atomic mass is 10.0. The van der Waals surface area contributed by atoms with Crippen LogP contribution in [0.3, 0.4) is 0 Å². The molecular formula is C49H74O5. The summed E-state index contributed by atoms with van der Waals surface area (Å²) in [5.41, 5.74) is 1.56. The Hall–Kier alpha value is -3.47. The third-order valence-electron chi connectivity index (χ3n) is 10.0. The second-order valence-electron chi connectivity index (χ2n) is 15.1. The molecule has 0 bridgehead atoms. The molecule has 0 fully saturated rings. The highest BCUT2D eigenvalue weighted by atomic mass is 16.5. The van der Waals surface area contributed by atoms with Crippen LogP contribution in [0.1, 0.15) is 205 Å². The second kappa shape index (κ2) is 32.9. The first-order valence-corrected chi connectivity index (χ1v) is 22.0. The van der Waals surface area contributed by atoms with E-state index in [1.54, 1.807) is 36.4 Å². The van der Waals surface area contributed by atoms with Gasteiger partial charge in [-0.2, -0.15) is 0 Å². The summed E-state index contributed by atoms with van der Waals surface area (Å²) in [6.07, 6.45) is 40.3. The Kier molecular flexibility index (Phi) is 28.5. The van der Waals surface area contributed by atoms with Crippen LogP contribution in [0.5, 0.6) is 11.5 Å². The van der Waals surface area contributed by atoms with Gasteiger partial charge in [-0.05, 0) is 60.4 Å². The monoisotopic (exact) mass is 743 g/mol. The van der Waals surface area contributed by atoms with E-state index in [2.05, 4.69) is 13.8 Å². The molecule has 0 radical (unpaired) electrons. The number of rotatable bonds is 34. The Bertz CT molecular complexity index is 1230. The molecule has 0 heterocycles. The van der Waals surface area contributed by atoms with Gasteiger partial charge in [0, 0.05) is 12.8 Å². The van der Waals surface area contributed by atoms with Crippen LogP contribution in [0.2, 0.25) is 0 Å². The topological polar surface area (TPSA) is 69.7 Å². The Morgan fingerprint density at radius 1 is 0.426 bits per heavy atom. The zero-order chi connectivity index (χ0) is 38.7. The number of esters is 2. The van der Waals surface area contributed by atoms with E-state index in [0.717, 1.165) is 36.8 Å². The van der Waals surface area contributed by atoms with Crippen molar-refractivity contribution in [3.05, 3.63) is 71.8 Å². The van der Waals surface area contributed by atoms with Gasteiger partial charge in [0.25, 0.3) is 0 Å². The maximum atomic E-state index is 12.6. The number of unbranched alkanes of at least 4 members (excludes halogenated alkanes) is 24. The molecule has 54 heavy (non-hydrogen) atoms. The van der Waals surface area contributed by atoms with Crippen molar-refractivity contribution >= 4 is 29.9 Å². The molecule has 2 rings (SSSR count). The van der Waals surface area contributed by atoms with Gasteiger partial charge in [-0.1, -0.05) is 204 Å². The molecular weight excluding hydrogens is 669 g/mol. The van der Waals surface area contributed by atoms with E-state index in [0.29, 0.717) is 24.3 Å². The van der Waals surface area contributed by atoms with E-state index >= 15 is 0 Å². The Morgan fingerprint density at radius 3 is 1.04 bits per heavy atom. The first-order valence-electron chi connectivity index (χ1n) is 22.0. The molecule has 0 aliphatic carbocycles. The van der Waals surface area contributed by atoms with Gasteiger partial charge < -0.3 is 9.47 Å².